The fourth-order valence-corrected chi connectivity index (χ4v) is 3.56. The maximum Gasteiger partial charge on any atom is 0.276 e. The van der Waals surface area contributed by atoms with Crippen LogP contribution in [0.5, 0.6) is 0 Å². The van der Waals surface area contributed by atoms with Crippen molar-refractivity contribution in [3.63, 3.8) is 0 Å². The number of ether oxygens (including phenoxy) is 1. The van der Waals surface area contributed by atoms with Crippen LogP contribution in [0.1, 0.15) is 41.4 Å². The molecule has 1 saturated carbocycles. The second-order valence-electron chi connectivity index (χ2n) is 6.86. The number of rotatable bonds is 5. The van der Waals surface area contributed by atoms with Crippen molar-refractivity contribution in [1.29, 1.82) is 0 Å². The van der Waals surface area contributed by atoms with Crippen molar-refractivity contribution in [3.05, 3.63) is 48.0 Å². The Morgan fingerprint density at radius 3 is 2.85 bits per heavy atom. The van der Waals surface area contributed by atoms with Gasteiger partial charge in [-0.1, -0.05) is 12.1 Å². The molecule has 8 heteroatoms. The quantitative estimate of drug-likeness (QED) is 0.717. The molecule has 0 bridgehead atoms. The highest BCUT2D eigenvalue weighted by Crippen LogP contribution is 2.31. The molecule has 2 aromatic heterocycles. The van der Waals surface area contributed by atoms with Gasteiger partial charge in [0.25, 0.3) is 5.91 Å². The highest BCUT2D eigenvalue weighted by molar-refractivity contribution is 6.10. The van der Waals surface area contributed by atoms with Gasteiger partial charge in [-0.05, 0) is 37.0 Å². The minimum Gasteiger partial charge on any atom is -0.380 e. The molecular formula is C19H22N6O2. The molecule has 0 radical (unpaired) electrons. The van der Waals surface area contributed by atoms with Gasteiger partial charge in [0.1, 0.15) is 6.33 Å². The molecule has 2 heterocycles. The third kappa shape index (κ3) is 3.54. The van der Waals surface area contributed by atoms with E-state index in [1.165, 1.54) is 6.33 Å². The Hall–Kier alpha value is -2.84. The summed E-state index contributed by atoms with van der Waals surface area (Å²) in [5, 5.41) is 8.12. The van der Waals surface area contributed by atoms with Gasteiger partial charge in [-0.3, -0.25) is 4.79 Å². The van der Waals surface area contributed by atoms with E-state index in [9.17, 15) is 4.79 Å². The number of nitrogens with two attached hydrogens (primary N) is 1. The molecule has 2 atom stereocenters. The minimum absolute atomic E-state index is 0.160. The van der Waals surface area contributed by atoms with Crippen LogP contribution in [0, 0.1) is 0 Å². The van der Waals surface area contributed by atoms with E-state index in [4.69, 9.17) is 10.5 Å². The molecule has 1 aliphatic rings. The number of carbonyl (C=O) groups is 1. The van der Waals surface area contributed by atoms with Crippen molar-refractivity contribution in [2.45, 2.75) is 38.0 Å². The SMILES string of the molecule is COCc1ccc(NC(=O)c2nn(C3CCC(N)C3)c3ncncc23)cc1. The number of anilines is 1. The molecule has 0 aliphatic heterocycles. The minimum atomic E-state index is -0.282. The van der Waals surface area contributed by atoms with E-state index in [1.54, 1.807) is 13.3 Å². The molecule has 3 N–H and O–H groups in total. The zero-order chi connectivity index (χ0) is 18.8. The summed E-state index contributed by atoms with van der Waals surface area (Å²) in [5.74, 6) is -0.282. The predicted molar refractivity (Wildman–Crippen MR) is 101 cm³/mol. The molecule has 2 unspecified atom stereocenters. The maximum absolute atomic E-state index is 12.8. The zero-order valence-corrected chi connectivity index (χ0v) is 15.1. The molecule has 1 aliphatic carbocycles. The summed E-state index contributed by atoms with van der Waals surface area (Å²) in [6, 6.07) is 7.85. The Labute approximate surface area is 156 Å². The predicted octanol–water partition coefficient (Wildman–Crippen LogP) is 2.28. The number of nitrogens with zero attached hydrogens (tertiary/aromatic N) is 4. The lowest BCUT2D eigenvalue weighted by molar-refractivity contribution is 0.102. The Kier molecular flexibility index (Phi) is 4.83. The molecule has 4 rings (SSSR count). The molecular weight excluding hydrogens is 344 g/mol. The molecule has 1 amide bonds. The van der Waals surface area contributed by atoms with Crippen LogP contribution < -0.4 is 11.1 Å². The molecule has 0 spiro atoms. The summed E-state index contributed by atoms with van der Waals surface area (Å²) in [6.45, 7) is 0.532. The fourth-order valence-electron chi connectivity index (χ4n) is 3.56. The van der Waals surface area contributed by atoms with Gasteiger partial charge in [-0.15, -0.1) is 0 Å². The van der Waals surface area contributed by atoms with E-state index < -0.39 is 0 Å². The first-order valence-electron chi connectivity index (χ1n) is 8.98. The lowest BCUT2D eigenvalue weighted by atomic mass is 10.2. The lowest BCUT2D eigenvalue weighted by Crippen LogP contribution is -2.17. The zero-order valence-electron chi connectivity index (χ0n) is 15.1. The van der Waals surface area contributed by atoms with E-state index in [-0.39, 0.29) is 18.0 Å². The van der Waals surface area contributed by atoms with Crippen LogP contribution >= 0.6 is 0 Å². The first-order valence-corrected chi connectivity index (χ1v) is 8.98. The number of benzene rings is 1. The Bertz CT molecular complexity index is 952. The maximum atomic E-state index is 12.8. The number of hydrogen-bond donors (Lipinski definition) is 2. The Morgan fingerprint density at radius 2 is 2.15 bits per heavy atom. The van der Waals surface area contributed by atoms with Gasteiger partial charge < -0.3 is 15.8 Å². The third-order valence-corrected chi connectivity index (χ3v) is 4.90. The Balaban J connectivity index is 1.62. The average molecular weight is 366 g/mol. The van der Waals surface area contributed by atoms with Gasteiger partial charge in [0.2, 0.25) is 0 Å². The normalized spacial score (nSPS) is 19.5. The van der Waals surface area contributed by atoms with E-state index in [0.717, 1.165) is 24.8 Å². The number of amides is 1. The number of fused-ring (bicyclic) bond motifs is 1. The van der Waals surface area contributed by atoms with Crippen molar-refractivity contribution < 1.29 is 9.53 Å². The number of methoxy groups -OCH3 is 1. The standard InChI is InChI=1S/C19H22N6O2/c1-27-10-12-2-5-14(6-3-12)23-19(26)17-16-9-21-11-22-18(16)25(24-17)15-7-4-13(20)8-15/h2-3,5-6,9,11,13,15H,4,7-8,10,20H2,1H3,(H,23,26). The topological polar surface area (TPSA) is 108 Å². The van der Waals surface area contributed by atoms with Crippen LogP contribution in [0.15, 0.2) is 36.8 Å². The van der Waals surface area contributed by atoms with Gasteiger partial charge in [0.05, 0.1) is 18.0 Å². The summed E-state index contributed by atoms with van der Waals surface area (Å²) in [4.78, 5) is 21.3. The smallest absolute Gasteiger partial charge is 0.276 e. The van der Waals surface area contributed by atoms with Crippen LogP contribution in [0.2, 0.25) is 0 Å². The highest BCUT2D eigenvalue weighted by atomic mass is 16.5. The van der Waals surface area contributed by atoms with Gasteiger partial charge in [0.15, 0.2) is 11.3 Å². The number of nitrogens with one attached hydrogen (secondary N) is 1. The van der Waals surface area contributed by atoms with E-state index >= 15 is 0 Å². The van der Waals surface area contributed by atoms with Crippen molar-refractivity contribution in [1.82, 2.24) is 19.7 Å². The van der Waals surface area contributed by atoms with E-state index in [2.05, 4.69) is 20.4 Å². The summed E-state index contributed by atoms with van der Waals surface area (Å²) < 4.78 is 6.94. The number of aromatic nitrogens is 4. The second-order valence-corrected chi connectivity index (χ2v) is 6.86. The monoisotopic (exact) mass is 366 g/mol. The number of carbonyl (C=O) groups excluding carboxylic acids is 1. The summed E-state index contributed by atoms with van der Waals surface area (Å²) in [6.07, 6.45) is 5.84. The number of hydrogen-bond acceptors (Lipinski definition) is 6. The van der Waals surface area contributed by atoms with Crippen molar-refractivity contribution >= 4 is 22.6 Å². The van der Waals surface area contributed by atoms with Gasteiger partial charge in [0, 0.05) is 25.0 Å². The van der Waals surface area contributed by atoms with Crippen LogP contribution in [0.25, 0.3) is 11.0 Å². The molecule has 1 fully saturated rings. The summed E-state index contributed by atoms with van der Waals surface area (Å²) >= 11 is 0. The van der Waals surface area contributed by atoms with Gasteiger partial charge >= 0.3 is 0 Å². The Morgan fingerprint density at radius 1 is 1.33 bits per heavy atom. The molecule has 27 heavy (non-hydrogen) atoms. The van der Waals surface area contributed by atoms with Crippen LogP contribution in [-0.4, -0.2) is 38.8 Å². The lowest BCUT2D eigenvalue weighted by Gasteiger charge is -2.10. The summed E-state index contributed by atoms with van der Waals surface area (Å²) in [5.41, 5.74) is 8.78. The third-order valence-electron chi connectivity index (χ3n) is 4.90. The van der Waals surface area contributed by atoms with Crippen molar-refractivity contribution in [2.75, 3.05) is 12.4 Å². The first kappa shape index (κ1) is 17.6. The second kappa shape index (κ2) is 7.42. The van der Waals surface area contributed by atoms with Gasteiger partial charge in [-0.25, -0.2) is 14.6 Å². The summed E-state index contributed by atoms with van der Waals surface area (Å²) in [7, 11) is 1.65. The van der Waals surface area contributed by atoms with E-state index in [1.807, 2.05) is 28.9 Å². The molecule has 3 aromatic rings. The average Bonchev–Trinajstić information content (AvgIpc) is 3.27. The highest BCUT2D eigenvalue weighted by Gasteiger charge is 2.28. The molecule has 8 nitrogen and oxygen atoms in total. The van der Waals surface area contributed by atoms with Crippen molar-refractivity contribution in [2.24, 2.45) is 5.73 Å². The molecule has 140 valence electrons. The largest absolute Gasteiger partial charge is 0.380 e. The van der Waals surface area contributed by atoms with Crippen LogP contribution in [-0.2, 0) is 11.3 Å². The molecule has 1 aromatic carbocycles. The van der Waals surface area contributed by atoms with Crippen molar-refractivity contribution in [3.8, 4) is 0 Å². The van der Waals surface area contributed by atoms with Gasteiger partial charge in [-0.2, -0.15) is 5.10 Å². The molecule has 0 saturated heterocycles. The van der Waals surface area contributed by atoms with Crippen LogP contribution in [0.4, 0.5) is 5.69 Å². The first-order chi connectivity index (χ1) is 13.2. The fraction of sp³-hybridized carbons (Fsp3) is 0.368. The van der Waals surface area contributed by atoms with E-state index in [0.29, 0.717) is 29.0 Å². The van der Waals surface area contributed by atoms with Crippen LogP contribution in [0.3, 0.4) is 0 Å².